The second-order valence-electron chi connectivity index (χ2n) is 8.19. The third-order valence-corrected chi connectivity index (χ3v) is 6.60. The number of imidazole rings is 1. The third-order valence-electron chi connectivity index (χ3n) is 5.80. The highest BCUT2D eigenvalue weighted by molar-refractivity contribution is 9.10. The zero-order valence-electron chi connectivity index (χ0n) is 19.2. The second-order valence-corrected chi connectivity index (χ2v) is 8.98. The predicted molar refractivity (Wildman–Crippen MR) is 136 cm³/mol. The maximum atomic E-state index is 9.34. The average Bonchev–Trinajstić information content (AvgIpc) is 3.23. The Labute approximate surface area is 202 Å². The number of rotatable bonds is 7. The van der Waals surface area contributed by atoms with E-state index in [9.17, 15) is 5.26 Å². The Kier molecular flexibility index (Phi) is 6.83. The summed E-state index contributed by atoms with van der Waals surface area (Å²) >= 11 is 3.80. The maximum Gasteiger partial charge on any atom is 0.145 e. The highest BCUT2D eigenvalue weighted by Crippen LogP contribution is 2.42. The number of ether oxygens (including phenoxy) is 2. The molecular formula is C27H26BrN3O2. The Morgan fingerprint density at radius 3 is 2.45 bits per heavy atom. The minimum atomic E-state index is 0.465. The van der Waals surface area contributed by atoms with Crippen molar-refractivity contribution in [2.45, 2.75) is 26.3 Å². The molecule has 3 aromatic carbocycles. The first kappa shape index (κ1) is 23.0. The number of methoxy groups -OCH3 is 2. The number of aromatic nitrogens is 2. The van der Waals surface area contributed by atoms with Gasteiger partial charge in [0.1, 0.15) is 22.6 Å². The first-order valence-corrected chi connectivity index (χ1v) is 11.6. The molecule has 0 atom stereocenters. The quantitative estimate of drug-likeness (QED) is 0.278. The van der Waals surface area contributed by atoms with Gasteiger partial charge in [0.25, 0.3) is 0 Å². The van der Waals surface area contributed by atoms with E-state index in [-0.39, 0.29) is 0 Å². The van der Waals surface area contributed by atoms with Crippen LogP contribution in [0.25, 0.3) is 33.5 Å². The van der Waals surface area contributed by atoms with Crippen LogP contribution < -0.4 is 4.74 Å². The van der Waals surface area contributed by atoms with Crippen LogP contribution in [0.15, 0.2) is 59.1 Å². The van der Waals surface area contributed by atoms with Crippen molar-refractivity contribution in [1.29, 1.82) is 5.26 Å². The molecule has 168 valence electrons. The van der Waals surface area contributed by atoms with Gasteiger partial charge >= 0.3 is 0 Å². The summed E-state index contributed by atoms with van der Waals surface area (Å²) in [5.74, 6) is 2.05. The van der Waals surface area contributed by atoms with Crippen molar-refractivity contribution in [3.05, 3.63) is 70.2 Å². The van der Waals surface area contributed by atoms with E-state index >= 15 is 0 Å². The molecule has 0 aliphatic carbocycles. The number of fused-ring (bicyclic) bond motifs is 1. The van der Waals surface area contributed by atoms with Crippen LogP contribution in [0.3, 0.4) is 0 Å². The minimum Gasteiger partial charge on any atom is -0.494 e. The predicted octanol–water partition coefficient (Wildman–Crippen LogP) is 6.78. The normalized spacial score (nSPS) is 11.2. The van der Waals surface area contributed by atoms with Gasteiger partial charge in [-0.3, -0.25) is 0 Å². The van der Waals surface area contributed by atoms with Crippen molar-refractivity contribution in [3.63, 3.8) is 0 Å². The Hall–Kier alpha value is -3.14. The highest BCUT2D eigenvalue weighted by Gasteiger charge is 2.22. The molecule has 0 fully saturated rings. The SMILES string of the molecule is COCCn1c(-c2ccc(C(C)C)cc2)nc2c(Br)c(-c3cccc(C#N)c3)cc(OC)c21. The van der Waals surface area contributed by atoms with Crippen LogP contribution in [-0.4, -0.2) is 30.4 Å². The molecular weight excluding hydrogens is 478 g/mol. The molecule has 1 aromatic heterocycles. The van der Waals surface area contributed by atoms with Crippen LogP contribution >= 0.6 is 15.9 Å². The molecule has 0 spiro atoms. The molecule has 0 amide bonds. The van der Waals surface area contributed by atoms with E-state index in [1.165, 1.54) is 5.56 Å². The Balaban J connectivity index is 1.97. The van der Waals surface area contributed by atoms with E-state index < -0.39 is 0 Å². The summed E-state index contributed by atoms with van der Waals surface area (Å²) in [7, 11) is 3.37. The molecule has 0 saturated carbocycles. The van der Waals surface area contributed by atoms with Gasteiger partial charge in [0.15, 0.2) is 0 Å². The van der Waals surface area contributed by atoms with Crippen molar-refractivity contribution < 1.29 is 9.47 Å². The summed E-state index contributed by atoms with van der Waals surface area (Å²) in [6.07, 6.45) is 0. The van der Waals surface area contributed by atoms with E-state index in [4.69, 9.17) is 14.5 Å². The summed E-state index contributed by atoms with van der Waals surface area (Å²) in [6.45, 7) is 5.57. The van der Waals surface area contributed by atoms with E-state index in [1.54, 1.807) is 20.3 Å². The lowest BCUT2D eigenvalue weighted by Gasteiger charge is -2.14. The third kappa shape index (κ3) is 4.39. The molecule has 33 heavy (non-hydrogen) atoms. The highest BCUT2D eigenvalue weighted by atomic mass is 79.9. The largest absolute Gasteiger partial charge is 0.494 e. The Morgan fingerprint density at radius 1 is 1.06 bits per heavy atom. The number of benzene rings is 3. The summed E-state index contributed by atoms with van der Waals surface area (Å²) in [5.41, 5.74) is 6.50. The molecule has 0 radical (unpaired) electrons. The topological polar surface area (TPSA) is 60.1 Å². The molecule has 0 aliphatic heterocycles. The lowest BCUT2D eigenvalue weighted by molar-refractivity contribution is 0.188. The van der Waals surface area contributed by atoms with Crippen molar-refractivity contribution in [1.82, 2.24) is 9.55 Å². The molecule has 0 saturated heterocycles. The fourth-order valence-electron chi connectivity index (χ4n) is 4.01. The van der Waals surface area contributed by atoms with E-state index in [0.717, 1.165) is 43.8 Å². The fourth-order valence-corrected chi connectivity index (χ4v) is 4.63. The smallest absolute Gasteiger partial charge is 0.145 e. The average molecular weight is 504 g/mol. The van der Waals surface area contributed by atoms with E-state index in [1.807, 2.05) is 24.3 Å². The lowest BCUT2D eigenvalue weighted by Crippen LogP contribution is -2.07. The van der Waals surface area contributed by atoms with Crippen LogP contribution in [0.5, 0.6) is 5.75 Å². The first-order valence-electron chi connectivity index (χ1n) is 10.8. The summed E-state index contributed by atoms with van der Waals surface area (Å²) in [4.78, 5) is 5.06. The molecule has 4 aromatic rings. The molecule has 0 unspecified atom stereocenters. The number of nitriles is 1. The standard InChI is InChI=1S/C27H26BrN3O2/c1-17(2)19-8-10-20(11-9-19)27-30-25-24(28)22(21-7-5-6-18(14-21)16-29)15-23(33-4)26(25)31(27)12-13-32-3/h5-11,14-15,17H,12-13H2,1-4H3. The Bertz CT molecular complexity index is 1330. The van der Waals surface area contributed by atoms with E-state index in [2.05, 4.69) is 64.7 Å². The van der Waals surface area contributed by atoms with Gasteiger partial charge in [0.05, 0.1) is 29.8 Å². The molecule has 0 N–H and O–H groups in total. The van der Waals surface area contributed by atoms with Crippen molar-refractivity contribution in [2.75, 3.05) is 20.8 Å². The lowest BCUT2D eigenvalue weighted by atomic mass is 10.0. The molecule has 4 rings (SSSR count). The van der Waals surface area contributed by atoms with Crippen molar-refractivity contribution in [3.8, 4) is 34.3 Å². The van der Waals surface area contributed by atoms with Gasteiger partial charge in [0.2, 0.25) is 0 Å². The zero-order chi connectivity index (χ0) is 23.5. The van der Waals surface area contributed by atoms with Crippen LogP contribution in [0.1, 0.15) is 30.9 Å². The monoisotopic (exact) mass is 503 g/mol. The van der Waals surface area contributed by atoms with Gasteiger partial charge in [-0.1, -0.05) is 50.2 Å². The van der Waals surface area contributed by atoms with Crippen LogP contribution in [0.4, 0.5) is 0 Å². The number of hydrogen-bond donors (Lipinski definition) is 0. The number of halogens is 1. The van der Waals surface area contributed by atoms with Crippen LogP contribution in [0, 0.1) is 11.3 Å². The molecule has 5 nitrogen and oxygen atoms in total. The molecule has 0 aliphatic rings. The van der Waals surface area contributed by atoms with Gasteiger partial charge in [-0.25, -0.2) is 4.98 Å². The fraction of sp³-hybridized carbons (Fsp3) is 0.259. The van der Waals surface area contributed by atoms with Gasteiger partial charge in [-0.05, 0) is 51.2 Å². The van der Waals surface area contributed by atoms with Crippen LogP contribution in [-0.2, 0) is 11.3 Å². The van der Waals surface area contributed by atoms with Gasteiger partial charge < -0.3 is 14.0 Å². The van der Waals surface area contributed by atoms with Gasteiger partial charge in [-0.15, -0.1) is 0 Å². The molecule has 0 bridgehead atoms. The zero-order valence-corrected chi connectivity index (χ0v) is 20.8. The van der Waals surface area contributed by atoms with E-state index in [0.29, 0.717) is 24.6 Å². The second kappa shape index (κ2) is 9.78. The molecule has 6 heteroatoms. The Morgan fingerprint density at radius 2 is 1.82 bits per heavy atom. The summed E-state index contributed by atoms with van der Waals surface area (Å²) < 4.78 is 14.3. The number of nitrogens with zero attached hydrogens (tertiary/aromatic N) is 3. The summed E-state index contributed by atoms with van der Waals surface area (Å²) in [5, 5.41) is 9.34. The maximum absolute atomic E-state index is 9.34. The minimum absolute atomic E-state index is 0.465. The van der Waals surface area contributed by atoms with Crippen molar-refractivity contribution >= 4 is 27.0 Å². The first-order chi connectivity index (χ1) is 16.0. The number of hydrogen-bond acceptors (Lipinski definition) is 4. The van der Waals surface area contributed by atoms with Gasteiger partial charge in [0, 0.05) is 24.8 Å². The van der Waals surface area contributed by atoms with Crippen LogP contribution in [0.2, 0.25) is 0 Å². The summed E-state index contributed by atoms with van der Waals surface area (Å²) in [6, 6.07) is 20.3. The molecule has 1 heterocycles. The van der Waals surface area contributed by atoms with Gasteiger partial charge in [-0.2, -0.15) is 5.26 Å². The van der Waals surface area contributed by atoms with Crippen molar-refractivity contribution in [2.24, 2.45) is 0 Å².